The van der Waals surface area contributed by atoms with Crippen molar-refractivity contribution in [3.05, 3.63) is 0 Å². The average Bonchev–Trinajstić information content (AvgIpc) is 2.14. The number of oxime groups is 1. The minimum atomic E-state index is 0.235. The molecule has 1 aliphatic rings. The largest absolute Gasteiger partial charge is 0.411 e. The summed E-state index contributed by atoms with van der Waals surface area (Å²) in [6.07, 6.45) is 7.31. The molecule has 82 valence electrons. The van der Waals surface area contributed by atoms with E-state index in [2.05, 4.69) is 25.9 Å². The molecule has 0 heterocycles. The van der Waals surface area contributed by atoms with Gasteiger partial charge in [0.2, 0.25) is 0 Å². The summed E-state index contributed by atoms with van der Waals surface area (Å²) in [5.74, 6) is 0.549. The molecule has 0 saturated heterocycles. The van der Waals surface area contributed by atoms with Crippen molar-refractivity contribution in [3.8, 4) is 0 Å². The predicted octanol–water partition coefficient (Wildman–Crippen LogP) is 3.83. The molecule has 2 heteroatoms. The third-order valence-corrected chi connectivity index (χ3v) is 2.92. The molecule has 1 N–H and O–H groups in total. The van der Waals surface area contributed by atoms with E-state index >= 15 is 0 Å². The average molecular weight is 197 g/mol. The van der Waals surface area contributed by atoms with E-state index in [9.17, 15) is 0 Å². The van der Waals surface area contributed by atoms with Gasteiger partial charge in [-0.05, 0) is 24.7 Å². The van der Waals surface area contributed by atoms with Crippen LogP contribution in [0.15, 0.2) is 5.16 Å². The zero-order valence-electron chi connectivity index (χ0n) is 9.71. The molecule has 0 radical (unpaired) electrons. The summed E-state index contributed by atoms with van der Waals surface area (Å²) in [6.45, 7) is 6.59. The molecule has 1 rings (SSSR count). The Morgan fingerprint density at radius 3 is 2.21 bits per heavy atom. The monoisotopic (exact) mass is 197 g/mol. The first-order chi connectivity index (χ1) is 6.53. The summed E-state index contributed by atoms with van der Waals surface area (Å²) < 4.78 is 0. The zero-order chi connectivity index (χ0) is 10.6. The molecule has 0 aromatic rings. The molecule has 1 fully saturated rings. The lowest BCUT2D eigenvalue weighted by Crippen LogP contribution is -2.23. The van der Waals surface area contributed by atoms with Crippen LogP contribution in [0.4, 0.5) is 0 Å². The van der Waals surface area contributed by atoms with Crippen LogP contribution in [0.1, 0.15) is 59.3 Å². The highest BCUT2D eigenvalue weighted by atomic mass is 16.4. The smallest absolute Gasteiger partial charge is 0.0606 e. The number of nitrogens with zero attached hydrogens (tertiary/aromatic N) is 1. The van der Waals surface area contributed by atoms with Crippen molar-refractivity contribution in [2.45, 2.75) is 59.3 Å². The molecule has 0 aromatic carbocycles. The van der Waals surface area contributed by atoms with Crippen molar-refractivity contribution in [3.63, 3.8) is 0 Å². The highest BCUT2D eigenvalue weighted by molar-refractivity contribution is 5.86. The maximum atomic E-state index is 9.03. The van der Waals surface area contributed by atoms with Gasteiger partial charge in [-0.15, -0.1) is 0 Å². The van der Waals surface area contributed by atoms with Gasteiger partial charge in [-0.3, -0.25) is 0 Å². The second-order valence-electron chi connectivity index (χ2n) is 5.66. The normalized spacial score (nSPS) is 21.2. The zero-order valence-corrected chi connectivity index (χ0v) is 9.71. The summed E-state index contributed by atoms with van der Waals surface area (Å²) >= 11 is 0. The van der Waals surface area contributed by atoms with Crippen molar-refractivity contribution in [2.24, 2.45) is 16.5 Å². The number of rotatable bonds is 2. The van der Waals surface area contributed by atoms with Gasteiger partial charge in [-0.25, -0.2) is 0 Å². The van der Waals surface area contributed by atoms with E-state index < -0.39 is 0 Å². The molecule has 0 spiro atoms. The molecule has 0 unspecified atom stereocenters. The maximum Gasteiger partial charge on any atom is 0.0606 e. The fourth-order valence-electron chi connectivity index (χ4n) is 2.24. The lowest BCUT2D eigenvalue weighted by atomic mass is 9.79. The Hall–Kier alpha value is -0.530. The van der Waals surface area contributed by atoms with Crippen LogP contribution in [0.5, 0.6) is 0 Å². The summed E-state index contributed by atoms with van der Waals surface area (Å²) in [7, 11) is 0. The van der Waals surface area contributed by atoms with E-state index in [1.807, 2.05) is 0 Å². The van der Waals surface area contributed by atoms with Gasteiger partial charge in [0.1, 0.15) is 0 Å². The highest BCUT2D eigenvalue weighted by Gasteiger charge is 2.24. The summed E-state index contributed by atoms with van der Waals surface area (Å²) in [4.78, 5) is 0. The van der Waals surface area contributed by atoms with E-state index in [-0.39, 0.29) is 5.41 Å². The second kappa shape index (κ2) is 4.81. The fourth-order valence-corrected chi connectivity index (χ4v) is 2.24. The molecule has 1 aliphatic carbocycles. The standard InChI is InChI=1S/C12H23NO/c1-12(2,3)9-11(13-14)10-7-5-4-6-8-10/h10,14H,4-9H2,1-3H3/b13-11-. The minimum Gasteiger partial charge on any atom is -0.411 e. The lowest BCUT2D eigenvalue weighted by molar-refractivity contribution is 0.300. The van der Waals surface area contributed by atoms with Crippen molar-refractivity contribution in [1.29, 1.82) is 0 Å². The molecule has 2 nitrogen and oxygen atoms in total. The Bertz CT molecular complexity index is 197. The van der Waals surface area contributed by atoms with Crippen molar-refractivity contribution in [1.82, 2.24) is 0 Å². The minimum absolute atomic E-state index is 0.235. The Morgan fingerprint density at radius 1 is 1.21 bits per heavy atom. The van der Waals surface area contributed by atoms with E-state index in [0.29, 0.717) is 5.92 Å². The van der Waals surface area contributed by atoms with Gasteiger partial charge >= 0.3 is 0 Å². The number of hydrogen-bond donors (Lipinski definition) is 1. The summed E-state index contributed by atoms with van der Waals surface area (Å²) in [5, 5.41) is 12.5. The first-order valence-electron chi connectivity index (χ1n) is 5.74. The van der Waals surface area contributed by atoms with Crippen LogP contribution in [0.3, 0.4) is 0 Å². The van der Waals surface area contributed by atoms with Gasteiger partial charge in [0.25, 0.3) is 0 Å². The Morgan fingerprint density at radius 2 is 1.79 bits per heavy atom. The number of hydrogen-bond acceptors (Lipinski definition) is 2. The van der Waals surface area contributed by atoms with Gasteiger partial charge < -0.3 is 5.21 Å². The second-order valence-corrected chi connectivity index (χ2v) is 5.66. The maximum absolute atomic E-state index is 9.03. The van der Waals surface area contributed by atoms with Gasteiger partial charge in [-0.1, -0.05) is 45.2 Å². The predicted molar refractivity (Wildman–Crippen MR) is 59.9 cm³/mol. The summed E-state index contributed by atoms with van der Waals surface area (Å²) in [5.41, 5.74) is 1.26. The fraction of sp³-hybridized carbons (Fsp3) is 0.917. The SMILES string of the molecule is CC(C)(C)C/C(=N/O)C1CCCCC1. The van der Waals surface area contributed by atoms with E-state index in [4.69, 9.17) is 5.21 Å². The molecular formula is C12H23NO. The molecule has 0 bridgehead atoms. The molecule has 1 saturated carbocycles. The van der Waals surface area contributed by atoms with Crippen LogP contribution in [0, 0.1) is 11.3 Å². The lowest BCUT2D eigenvalue weighted by Gasteiger charge is -2.26. The molecule has 0 aliphatic heterocycles. The van der Waals surface area contributed by atoms with Gasteiger partial charge in [-0.2, -0.15) is 0 Å². The van der Waals surface area contributed by atoms with Gasteiger partial charge in [0.15, 0.2) is 0 Å². The van der Waals surface area contributed by atoms with Crippen LogP contribution in [-0.2, 0) is 0 Å². The molecule has 0 atom stereocenters. The molecule has 0 amide bonds. The van der Waals surface area contributed by atoms with Crippen molar-refractivity contribution < 1.29 is 5.21 Å². The molecule has 0 aromatic heterocycles. The first-order valence-corrected chi connectivity index (χ1v) is 5.74. The van der Waals surface area contributed by atoms with Crippen molar-refractivity contribution in [2.75, 3.05) is 0 Å². The van der Waals surface area contributed by atoms with E-state index in [0.717, 1.165) is 12.1 Å². The van der Waals surface area contributed by atoms with Gasteiger partial charge in [0.05, 0.1) is 5.71 Å². The van der Waals surface area contributed by atoms with Crippen LogP contribution in [0.2, 0.25) is 0 Å². The first kappa shape index (κ1) is 11.5. The molecule has 14 heavy (non-hydrogen) atoms. The van der Waals surface area contributed by atoms with E-state index in [1.165, 1.54) is 32.1 Å². The summed E-state index contributed by atoms with van der Waals surface area (Å²) in [6, 6.07) is 0. The Balaban J connectivity index is 2.53. The van der Waals surface area contributed by atoms with E-state index in [1.54, 1.807) is 0 Å². The van der Waals surface area contributed by atoms with Crippen molar-refractivity contribution >= 4 is 5.71 Å². The van der Waals surface area contributed by atoms with Crippen LogP contribution >= 0.6 is 0 Å². The van der Waals surface area contributed by atoms with Crippen LogP contribution in [-0.4, -0.2) is 10.9 Å². The van der Waals surface area contributed by atoms with Crippen LogP contribution < -0.4 is 0 Å². The third-order valence-electron chi connectivity index (χ3n) is 2.92. The third kappa shape index (κ3) is 3.69. The van der Waals surface area contributed by atoms with Crippen LogP contribution in [0.25, 0.3) is 0 Å². The molecular weight excluding hydrogens is 174 g/mol. The highest BCUT2D eigenvalue weighted by Crippen LogP contribution is 2.30. The Labute approximate surface area is 87.4 Å². The Kier molecular flexibility index (Phi) is 3.97. The van der Waals surface area contributed by atoms with Gasteiger partial charge in [0, 0.05) is 5.92 Å². The quantitative estimate of drug-likeness (QED) is 0.407. The topological polar surface area (TPSA) is 32.6 Å².